The van der Waals surface area contributed by atoms with Crippen LogP contribution in [0, 0.1) is 0 Å². The number of para-hydroxylation sites is 1. The number of carbonyl (C=O) groups excluding carboxylic acids is 6. The molecular formula is C31H44N8O12S. The highest BCUT2D eigenvalue weighted by Crippen LogP contribution is 2.19. The van der Waals surface area contributed by atoms with Crippen molar-refractivity contribution in [3.05, 3.63) is 36.0 Å². The lowest BCUT2D eigenvalue weighted by molar-refractivity contribution is -0.144. The maximum absolute atomic E-state index is 13.9. The fraction of sp³-hybridized carbons (Fsp3) is 0.484. The quantitative estimate of drug-likeness (QED) is 0.0546. The highest BCUT2D eigenvalue weighted by molar-refractivity contribution is 7.98. The molecule has 0 saturated carbocycles. The molecule has 0 unspecified atom stereocenters. The number of aromatic amines is 1. The second kappa shape index (κ2) is 20.6. The number of hydrogen-bond acceptors (Lipinski definition) is 12. The predicted molar refractivity (Wildman–Crippen MR) is 185 cm³/mol. The number of nitrogens with two attached hydrogens (primary N) is 2. The van der Waals surface area contributed by atoms with Crippen molar-refractivity contribution in [3.63, 3.8) is 0 Å². The maximum Gasteiger partial charge on any atom is 0.328 e. The molecule has 20 nitrogen and oxygen atoms in total. The second-order valence-electron chi connectivity index (χ2n) is 11.7. The zero-order chi connectivity index (χ0) is 39.1. The monoisotopic (exact) mass is 752 g/mol. The van der Waals surface area contributed by atoms with E-state index in [1.54, 1.807) is 36.7 Å². The van der Waals surface area contributed by atoms with Gasteiger partial charge in [-0.1, -0.05) is 18.2 Å². The van der Waals surface area contributed by atoms with E-state index >= 15 is 0 Å². The number of primary amides is 1. The third-order valence-corrected chi connectivity index (χ3v) is 8.29. The van der Waals surface area contributed by atoms with Gasteiger partial charge in [0.1, 0.15) is 36.3 Å². The number of carboxylic acid groups (broad SMARTS) is 2. The summed E-state index contributed by atoms with van der Waals surface area (Å²) in [7, 11) is 0. The third-order valence-electron chi connectivity index (χ3n) is 7.65. The Morgan fingerprint density at radius 2 is 1.31 bits per heavy atom. The van der Waals surface area contributed by atoms with Gasteiger partial charge in [-0.05, 0) is 37.0 Å². The Morgan fingerprint density at radius 1 is 0.788 bits per heavy atom. The fourth-order valence-electron chi connectivity index (χ4n) is 4.79. The number of H-pyrrole nitrogens is 1. The number of aliphatic hydroxyl groups excluding tert-OH is 2. The van der Waals surface area contributed by atoms with Crippen LogP contribution in [0.15, 0.2) is 30.5 Å². The van der Waals surface area contributed by atoms with Crippen LogP contribution >= 0.6 is 11.8 Å². The minimum absolute atomic E-state index is 0.0557. The summed E-state index contributed by atoms with van der Waals surface area (Å²) in [4.78, 5) is 104. The molecule has 0 radical (unpaired) electrons. The number of hydrogen-bond donors (Lipinski definition) is 12. The van der Waals surface area contributed by atoms with Gasteiger partial charge in [0.2, 0.25) is 35.4 Å². The van der Waals surface area contributed by atoms with Crippen molar-refractivity contribution in [1.29, 1.82) is 0 Å². The molecule has 0 fully saturated rings. The Balaban J connectivity index is 2.44. The van der Waals surface area contributed by atoms with Crippen molar-refractivity contribution in [2.24, 2.45) is 11.5 Å². The lowest BCUT2D eigenvalue weighted by atomic mass is 10.0. The number of benzene rings is 1. The van der Waals surface area contributed by atoms with Crippen LogP contribution in [-0.4, -0.2) is 134 Å². The molecule has 0 bridgehead atoms. The van der Waals surface area contributed by atoms with Crippen LogP contribution < -0.4 is 38.1 Å². The number of aromatic nitrogens is 1. The molecule has 0 aliphatic rings. The highest BCUT2D eigenvalue weighted by Gasteiger charge is 2.34. The zero-order valence-corrected chi connectivity index (χ0v) is 29.1. The van der Waals surface area contributed by atoms with E-state index in [1.165, 1.54) is 18.7 Å². The van der Waals surface area contributed by atoms with E-state index in [9.17, 15) is 53.7 Å². The summed E-state index contributed by atoms with van der Waals surface area (Å²) in [6.45, 7) is 0.207. The first-order valence-electron chi connectivity index (χ1n) is 15.8. The minimum Gasteiger partial charge on any atom is -0.481 e. The van der Waals surface area contributed by atoms with E-state index in [1.807, 2.05) is 5.32 Å². The van der Waals surface area contributed by atoms with Crippen molar-refractivity contribution in [2.75, 3.05) is 18.6 Å². The van der Waals surface area contributed by atoms with Crippen molar-refractivity contribution in [2.45, 2.75) is 75.0 Å². The van der Waals surface area contributed by atoms with Crippen molar-refractivity contribution < 1.29 is 58.8 Å². The molecule has 2 rings (SSSR count). The Hall–Kier alpha value is -5.25. The van der Waals surface area contributed by atoms with Crippen LogP contribution in [0.1, 0.15) is 31.7 Å². The molecule has 0 saturated heterocycles. The van der Waals surface area contributed by atoms with Gasteiger partial charge in [-0.3, -0.25) is 33.6 Å². The molecule has 0 aliphatic heterocycles. The molecule has 1 heterocycles. The van der Waals surface area contributed by atoms with Crippen LogP contribution in [0.25, 0.3) is 10.9 Å². The van der Waals surface area contributed by atoms with Gasteiger partial charge in [0.25, 0.3) is 0 Å². The van der Waals surface area contributed by atoms with Crippen LogP contribution in [-0.2, 0) is 44.8 Å². The van der Waals surface area contributed by atoms with Gasteiger partial charge in [0, 0.05) is 23.5 Å². The highest BCUT2D eigenvalue weighted by atomic mass is 32.2. The molecule has 6 amide bonds. The largest absolute Gasteiger partial charge is 0.481 e. The summed E-state index contributed by atoms with van der Waals surface area (Å²) < 4.78 is 0. The van der Waals surface area contributed by atoms with Gasteiger partial charge in [0.05, 0.1) is 25.6 Å². The lowest BCUT2D eigenvalue weighted by Gasteiger charge is -2.27. The summed E-state index contributed by atoms with van der Waals surface area (Å²) in [6.07, 6.45) is 0.0291. The fourth-order valence-corrected chi connectivity index (χ4v) is 5.26. The predicted octanol–water partition coefficient (Wildman–Crippen LogP) is -3.98. The van der Waals surface area contributed by atoms with Crippen LogP contribution in [0.5, 0.6) is 0 Å². The Labute approximate surface area is 301 Å². The zero-order valence-electron chi connectivity index (χ0n) is 28.3. The van der Waals surface area contributed by atoms with Crippen molar-refractivity contribution in [1.82, 2.24) is 31.6 Å². The van der Waals surface area contributed by atoms with Crippen molar-refractivity contribution >= 4 is 70.0 Å². The minimum atomic E-state index is -1.82. The lowest BCUT2D eigenvalue weighted by Crippen LogP contribution is -2.60. The van der Waals surface area contributed by atoms with Crippen LogP contribution in [0.3, 0.4) is 0 Å². The Morgan fingerprint density at radius 3 is 1.87 bits per heavy atom. The molecular weight excluding hydrogens is 708 g/mol. The van der Waals surface area contributed by atoms with E-state index in [0.29, 0.717) is 16.5 Å². The van der Waals surface area contributed by atoms with E-state index in [-0.39, 0.29) is 18.6 Å². The van der Waals surface area contributed by atoms with Crippen LogP contribution in [0.4, 0.5) is 0 Å². The van der Waals surface area contributed by atoms with Gasteiger partial charge in [-0.15, -0.1) is 0 Å². The summed E-state index contributed by atoms with van der Waals surface area (Å²) in [6, 6.07) is -2.61. The maximum atomic E-state index is 13.9. The molecule has 14 N–H and O–H groups in total. The first-order chi connectivity index (χ1) is 24.5. The average Bonchev–Trinajstić information content (AvgIpc) is 3.49. The van der Waals surface area contributed by atoms with Gasteiger partial charge >= 0.3 is 11.9 Å². The van der Waals surface area contributed by atoms with E-state index < -0.39 is 109 Å². The number of carboxylic acids is 2. The number of fused-ring (bicyclic) bond motifs is 1. The molecule has 7 atom stereocenters. The van der Waals surface area contributed by atoms with Gasteiger partial charge in [-0.2, -0.15) is 11.8 Å². The molecule has 1 aromatic carbocycles. The molecule has 21 heteroatoms. The first kappa shape index (κ1) is 42.9. The van der Waals surface area contributed by atoms with Gasteiger partial charge < -0.3 is 63.5 Å². The smallest absolute Gasteiger partial charge is 0.328 e. The molecule has 0 spiro atoms. The third kappa shape index (κ3) is 13.1. The van der Waals surface area contributed by atoms with Gasteiger partial charge in [0.15, 0.2) is 0 Å². The number of aliphatic hydroxyl groups is 2. The van der Waals surface area contributed by atoms with Gasteiger partial charge in [-0.25, -0.2) is 4.79 Å². The molecule has 52 heavy (non-hydrogen) atoms. The average molecular weight is 753 g/mol. The molecule has 286 valence electrons. The summed E-state index contributed by atoms with van der Waals surface area (Å²) in [5.74, 6) is -9.09. The molecule has 0 aliphatic carbocycles. The summed E-state index contributed by atoms with van der Waals surface area (Å²) >= 11 is 1.28. The topological polar surface area (TPSA) is 345 Å². The van der Waals surface area contributed by atoms with Crippen LogP contribution in [0.2, 0.25) is 0 Å². The van der Waals surface area contributed by atoms with E-state index in [2.05, 4.69) is 26.3 Å². The molecule has 2 aromatic rings. The normalized spacial score (nSPS) is 15.1. The Bertz CT molecular complexity index is 1620. The first-order valence-corrected chi connectivity index (χ1v) is 17.2. The second-order valence-corrected chi connectivity index (χ2v) is 12.7. The molecule has 1 aromatic heterocycles. The number of aliphatic carboxylic acids is 2. The van der Waals surface area contributed by atoms with E-state index in [0.717, 1.165) is 0 Å². The van der Waals surface area contributed by atoms with E-state index in [4.69, 9.17) is 16.6 Å². The van der Waals surface area contributed by atoms with Crippen molar-refractivity contribution in [3.8, 4) is 0 Å². The number of rotatable bonds is 22. The summed E-state index contributed by atoms with van der Waals surface area (Å²) in [5, 5.41) is 49.5. The number of nitrogens with one attached hydrogen (secondary N) is 6. The Kier molecular flexibility index (Phi) is 17.0. The number of amides is 6. The number of thioether (sulfide) groups is 1. The number of carbonyl (C=O) groups is 8. The standard InChI is InChI=1S/C31H44N8O12S/c1-14(41)25(33)30(49)38-20(10-23(32)42)28(47)36-19(9-15-12-34-17-6-4-3-5-16(15)17)27(46)35-18(7-8-52-2)26(45)37-21(11-24(43)44)29(48)39-22(13-40)31(50)51/h3-6,12,14,18-22,25,34,40-41H,7-11,13,33H2,1-2H3,(H2,32,42)(H,35,46)(H,36,47)(H,37,45)(H,38,49)(H,39,48)(H,43,44)(H,50,51)/t14-,18+,19+,20+,21+,22+,25+/m1/s1. The SMILES string of the molecule is CSCC[C@H](NC(=O)[C@H](Cc1c[nH]c2ccccc12)NC(=O)[C@H](CC(N)=O)NC(=O)[C@@H](N)[C@@H](C)O)C(=O)N[C@@H](CC(=O)O)C(=O)N[C@@H](CO)C(=O)O. The summed E-state index contributed by atoms with van der Waals surface area (Å²) in [5.41, 5.74) is 12.2.